The van der Waals surface area contributed by atoms with Gasteiger partial charge in [0.05, 0.1) is 0 Å². The quantitative estimate of drug-likeness (QED) is 0.216. The van der Waals surface area contributed by atoms with Crippen LogP contribution < -0.4 is 0 Å². The van der Waals surface area contributed by atoms with Gasteiger partial charge < -0.3 is 0 Å². The molecule has 0 nitrogen and oxygen atoms in total. The Labute approximate surface area is 176 Å². The van der Waals surface area contributed by atoms with E-state index in [0.29, 0.717) is 18.3 Å². The molecular formula is C27H49F. The molecule has 0 radical (unpaired) electrons. The van der Waals surface area contributed by atoms with Crippen molar-refractivity contribution in [3.8, 4) is 0 Å². The van der Waals surface area contributed by atoms with Crippen molar-refractivity contribution in [3.05, 3.63) is 35.5 Å². The smallest absolute Gasteiger partial charge is 0.122 e. The van der Waals surface area contributed by atoms with Crippen LogP contribution in [0, 0.1) is 23.2 Å². The zero-order chi connectivity index (χ0) is 22.1. The van der Waals surface area contributed by atoms with Crippen molar-refractivity contribution >= 4 is 0 Å². The van der Waals surface area contributed by atoms with Crippen LogP contribution in [0.5, 0.6) is 0 Å². The van der Waals surface area contributed by atoms with Crippen molar-refractivity contribution in [2.45, 2.75) is 113 Å². The molecule has 164 valence electrons. The van der Waals surface area contributed by atoms with Crippen LogP contribution in [-0.4, -0.2) is 5.67 Å². The highest BCUT2D eigenvalue weighted by molar-refractivity contribution is 5.42. The summed E-state index contributed by atoms with van der Waals surface area (Å²) >= 11 is 0. The summed E-state index contributed by atoms with van der Waals surface area (Å²) in [7, 11) is 0. The topological polar surface area (TPSA) is 0 Å². The van der Waals surface area contributed by atoms with E-state index in [4.69, 9.17) is 0 Å². The molecule has 0 amide bonds. The zero-order valence-corrected chi connectivity index (χ0v) is 20.7. The zero-order valence-electron chi connectivity index (χ0n) is 20.7. The van der Waals surface area contributed by atoms with Crippen molar-refractivity contribution in [2.75, 3.05) is 0 Å². The lowest BCUT2D eigenvalue weighted by Gasteiger charge is -2.50. The van der Waals surface area contributed by atoms with Crippen LogP contribution in [0.2, 0.25) is 0 Å². The fourth-order valence-electron chi connectivity index (χ4n) is 5.14. The monoisotopic (exact) mass is 392 g/mol. The predicted octanol–water partition coefficient (Wildman–Crippen LogP) is 9.48. The molecular weight excluding hydrogens is 343 g/mol. The van der Waals surface area contributed by atoms with Crippen LogP contribution in [0.1, 0.15) is 108 Å². The van der Waals surface area contributed by atoms with Gasteiger partial charge in [-0.15, -0.1) is 6.58 Å². The Morgan fingerprint density at radius 2 is 1.61 bits per heavy atom. The minimum atomic E-state index is -1.21. The summed E-state index contributed by atoms with van der Waals surface area (Å²) in [6.07, 6.45) is 9.39. The largest absolute Gasteiger partial charge is 0.243 e. The first-order valence-corrected chi connectivity index (χ1v) is 11.7. The van der Waals surface area contributed by atoms with Gasteiger partial charge in [0.1, 0.15) is 5.67 Å². The molecule has 0 heterocycles. The van der Waals surface area contributed by atoms with Gasteiger partial charge in [0.2, 0.25) is 0 Å². The number of alkyl halides is 1. The van der Waals surface area contributed by atoms with Crippen LogP contribution in [0.3, 0.4) is 0 Å². The van der Waals surface area contributed by atoms with Gasteiger partial charge in [-0.2, -0.15) is 0 Å². The molecule has 0 N–H and O–H groups in total. The second-order valence-electron chi connectivity index (χ2n) is 9.49. The SMILES string of the molecule is C=CCC(=C/CC)/C(=C(\CC)C(C)(CC)C(F)(CC(C)C)C(C)CC)C(C)C. The molecule has 0 aromatic carbocycles. The molecule has 0 saturated carbocycles. The number of hydrogen-bond acceptors (Lipinski definition) is 0. The van der Waals surface area contributed by atoms with E-state index in [1.807, 2.05) is 6.08 Å². The normalized spacial score (nSPS) is 19.2. The minimum Gasteiger partial charge on any atom is -0.243 e. The molecule has 0 spiro atoms. The maximum atomic E-state index is 17.1. The Bertz CT molecular complexity index is 536. The third-order valence-corrected chi connectivity index (χ3v) is 6.81. The molecule has 3 atom stereocenters. The van der Waals surface area contributed by atoms with Gasteiger partial charge in [0.25, 0.3) is 0 Å². The minimum absolute atomic E-state index is 0.0350. The van der Waals surface area contributed by atoms with Crippen molar-refractivity contribution < 1.29 is 4.39 Å². The van der Waals surface area contributed by atoms with Gasteiger partial charge in [-0.1, -0.05) is 93.4 Å². The number of hydrogen-bond donors (Lipinski definition) is 0. The molecule has 0 saturated heterocycles. The third-order valence-electron chi connectivity index (χ3n) is 6.81. The molecule has 1 heteroatoms. The lowest BCUT2D eigenvalue weighted by molar-refractivity contribution is -0.0441. The molecule has 0 bridgehead atoms. The van der Waals surface area contributed by atoms with Gasteiger partial charge in [-0.05, 0) is 61.0 Å². The van der Waals surface area contributed by atoms with Gasteiger partial charge in [0.15, 0.2) is 0 Å². The van der Waals surface area contributed by atoms with Crippen molar-refractivity contribution in [3.63, 3.8) is 0 Å². The Kier molecular flexibility index (Phi) is 11.6. The summed E-state index contributed by atoms with van der Waals surface area (Å²) in [6.45, 7) is 25.9. The molecule has 0 aliphatic carbocycles. The number of rotatable bonds is 13. The summed E-state index contributed by atoms with van der Waals surface area (Å²) in [4.78, 5) is 0. The summed E-state index contributed by atoms with van der Waals surface area (Å²) < 4.78 is 17.1. The van der Waals surface area contributed by atoms with Crippen LogP contribution in [0.25, 0.3) is 0 Å². The molecule has 0 aromatic heterocycles. The molecule has 0 fully saturated rings. The average Bonchev–Trinajstić information content (AvgIpc) is 2.63. The summed E-state index contributed by atoms with van der Waals surface area (Å²) in [5.41, 5.74) is 2.38. The molecule has 0 rings (SSSR count). The highest BCUT2D eigenvalue weighted by Crippen LogP contribution is 2.55. The molecule has 0 aliphatic heterocycles. The van der Waals surface area contributed by atoms with Gasteiger partial charge in [-0.25, -0.2) is 4.39 Å². The van der Waals surface area contributed by atoms with Crippen molar-refractivity contribution in [2.24, 2.45) is 23.2 Å². The maximum absolute atomic E-state index is 17.1. The lowest BCUT2D eigenvalue weighted by Crippen LogP contribution is -2.50. The van der Waals surface area contributed by atoms with Crippen LogP contribution in [0.4, 0.5) is 4.39 Å². The van der Waals surface area contributed by atoms with Crippen molar-refractivity contribution in [1.29, 1.82) is 0 Å². The Morgan fingerprint density at radius 1 is 1.04 bits per heavy atom. The summed E-state index contributed by atoms with van der Waals surface area (Å²) in [6, 6.07) is 0. The molecule has 0 aliphatic rings. The Hall–Kier alpha value is -0.850. The molecule has 0 aromatic rings. The standard InChI is InChI=1S/C27H49F/c1-12-17-23(18-13-2)25(21(8)9)24(15-4)26(11,16-5)27(28,19-20(6)7)22(10)14-3/h12,18,20-22H,1,13-17,19H2,2-11H3/b23-18-,25-24+. The van der Waals surface area contributed by atoms with E-state index in [0.717, 1.165) is 32.1 Å². The third kappa shape index (κ3) is 5.83. The average molecular weight is 393 g/mol. The fourth-order valence-corrected chi connectivity index (χ4v) is 5.14. The van der Waals surface area contributed by atoms with Gasteiger partial charge in [0, 0.05) is 5.41 Å². The van der Waals surface area contributed by atoms with Crippen molar-refractivity contribution in [1.82, 2.24) is 0 Å². The maximum Gasteiger partial charge on any atom is 0.122 e. The summed E-state index contributed by atoms with van der Waals surface area (Å²) in [5.74, 6) is 0.746. The number of allylic oxidation sites excluding steroid dienone is 5. The van der Waals surface area contributed by atoms with E-state index >= 15 is 4.39 Å². The molecule has 3 unspecified atom stereocenters. The van der Waals surface area contributed by atoms with E-state index in [9.17, 15) is 0 Å². The van der Waals surface area contributed by atoms with Crippen LogP contribution >= 0.6 is 0 Å². The highest BCUT2D eigenvalue weighted by Gasteiger charge is 2.53. The highest BCUT2D eigenvalue weighted by atomic mass is 19.1. The first kappa shape index (κ1) is 27.1. The molecule has 28 heavy (non-hydrogen) atoms. The van der Waals surface area contributed by atoms with E-state index < -0.39 is 11.1 Å². The Balaban J connectivity index is 7.01. The predicted molar refractivity (Wildman–Crippen MR) is 126 cm³/mol. The van der Waals surface area contributed by atoms with E-state index in [2.05, 4.69) is 81.9 Å². The van der Waals surface area contributed by atoms with Crippen LogP contribution in [0.15, 0.2) is 35.5 Å². The second kappa shape index (κ2) is 12.0. The van der Waals surface area contributed by atoms with Gasteiger partial charge >= 0.3 is 0 Å². The van der Waals surface area contributed by atoms with Gasteiger partial charge in [-0.3, -0.25) is 0 Å². The second-order valence-corrected chi connectivity index (χ2v) is 9.49. The van der Waals surface area contributed by atoms with E-state index in [-0.39, 0.29) is 5.92 Å². The first-order chi connectivity index (χ1) is 13.0. The lowest BCUT2D eigenvalue weighted by atomic mass is 9.57. The van der Waals surface area contributed by atoms with Crippen LogP contribution in [-0.2, 0) is 0 Å². The first-order valence-electron chi connectivity index (χ1n) is 11.7. The van der Waals surface area contributed by atoms with E-state index in [1.54, 1.807) is 0 Å². The van der Waals surface area contributed by atoms with E-state index in [1.165, 1.54) is 16.7 Å². The summed E-state index contributed by atoms with van der Waals surface area (Å²) in [5, 5.41) is 0. The number of halogens is 1. The Morgan fingerprint density at radius 3 is 1.93 bits per heavy atom. The fraction of sp³-hybridized carbons (Fsp3) is 0.778.